The van der Waals surface area contributed by atoms with E-state index in [-0.39, 0.29) is 24.9 Å². The van der Waals surface area contributed by atoms with Gasteiger partial charge in [0.05, 0.1) is 12.7 Å². The maximum absolute atomic E-state index is 11.4. The molecule has 0 aliphatic carbocycles. The molecule has 0 rings (SSSR count). The second kappa shape index (κ2) is 11.2. The number of hydrogen-bond acceptors (Lipinski definition) is 4. The molecule has 18 heavy (non-hydrogen) atoms. The Bertz CT molecular complexity index is 238. The SMILES string of the molecule is CCCCCCC(C)OCC(=O)CC(=O)OCC. The molecule has 0 N–H and O–H groups in total. The Morgan fingerprint density at radius 2 is 1.83 bits per heavy atom. The third-order valence-electron chi connectivity index (χ3n) is 2.64. The number of carbonyl (C=O) groups excluding carboxylic acids is 2. The summed E-state index contributed by atoms with van der Waals surface area (Å²) in [4.78, 5) is 22.4. The van der Waals surface area contributed by atoms with E-state index in [0.717, 1.165) is 12.8 Å². The van der Waals surface area contributed by atoms with Crippen LogP contribution >= 0.6 is 0 Å². The summed E-state index contributed by atoms with van der Waals surface area (Å²) in [6.45, 7) is 6.17. The van der Waals surface area contributed by atoms with Gasteiger partial charge in [0.2, 0.25) is 0 Å². The molecule has 0 aromatic rings. The van der Waals surface area contributed by atoms with Crippen molar-refractivity contribution < 1.29 is 19.1 Å². The summed E-state index contributed by atoms with van der Waals surface area (Å²) in [5, 5.41) is 0. The lowest BCUT2D eigenvalue weighted by Crippen LogP contribution is -2.19. The molecule has 0 aliphatic rings. The summed E-state index contributed by atoms with van der Waals surface area (Å²) in [5.74, 6) is -0.685. The first kappa shape index (κ1) is 17.1. The summed E-state index contributed by atoms with van der Waals surface area (Å²) < 4.78 is 10.1. The summed E-state index contributed by atoms with van der Waals surface area (Å²) in [7, 11) is 0. The summed E-state index contributed by atoms with van der Waals surface area (Å²) in [6.07, 6.45) is 5.65. The van der Waals surface area contributed by atoms with Crippen molar-refractivity contribution in [3.63, 3.8) is 0 Å². The van der Waals surface area contributed by atoms with Crippen molar-refractivity contribution in [2.75, 3.05) is 13.2 Å². The van der Waals surface area contributed by atoms with Gasteiger partial charge in [0.25, 0.3) is 0 Å². The van der Waals surface area contributed by atoms with Gasteiger partial charge >= 0.3 is 5.97 Å². The van der Waals surface area contributed by atoms with Crippen LogP contribution in [0.4, 0.5) is 0 Å². The van der Waals surface area contributed by atoms with Crippen molar-refractivity contribution >= 4 is 11.8 Å². The lowest BCUT2D eigenvalue weighted by atomic mass is 10.1. The summed E-state index contributed by atoms with van der Waals surface area (Å²) in [6, 6.07) is 0. The van der Waals surface area contributed by atoms with Gasteiger partial charge in [0.15, 0.2) is 5.78 Å². The van der Waals surface area contributed by atoms with Gasteiger partial charge in [-0.15, -0.1) is 0 Å². The van der Waals surface area contributed by atoms with Crippen LogP contribution in [0.15, 0.2) is 0 Å². The van der Waals surface area contributed by atoms with E-state index in [2.05, 4.69) is 6.92 Å². The number of esters is 1. The van der Waals surface area contributed by atoms with Crippen molar-refractivity contribution in [2.45, 2.75) is 65.4 Å². The van der Waals surface area contributed by atoms with Crippen LogP contribution in [0.1, 0.15) is 59.3 Å². The van der Waals surface area contributed by atoms with E-state index in [9.17, 15) is 9.59 Å². The third-order valence-corrected chi connectivity index (χ3v) is 2.64. The summed E-state index contributed by atoms with van der Waals surface area (Å²) >= 11 is 0. The van der Waals surface area contributed by atoms with Crippen LogP contribution in [0.5, 0.6) is 0 Å². The van der Waals surface area contributed by atoms with Gasteiger partial charge in [0.1, 0.15) is 13.0 Å². The fourth-order valence-electron chi connectivity index (χ4n) is 1.60. The molecule has 4 heteroatoms. The molecule has 0 bridgehead atoms. The second-order valence-corrected chi connectivity index (χ2v) is 4.49. The maximum Gasteiger partial charge on any atom is 0.313 e. The van der Waals surface area contributed by atoms with Crippen LogP contribution in [0.25, 0.3) is 0 Å². The lowest BCUT2D eigenvalue weighted by Gasteiger charge is -2.12. The van der Waals surface area contributed by atoms with E-state index < -0.39 is 5.97 Å². The Hall–Kier alpha value is -0.900. The minimum Gasteiger partial charge on any atom is -0.466 e. The smallest absolute Gasteiger partial charge is 0.313 e. The van der Waals surface area contributed by atoms with Gasteiger partial charge in [-0.1, -0.05) is 32.6 Å². The van der Waals surface area contributed by atoms with Crippen molar-refractivity contribution in [3.8, 4) is 0 Å². The topological polar surface area (TPSA) is 52.6 Å². The fourth-order valence-corrected chi connectivity index (χ4v) is 1.60. The van der Waals surface area contributed by atoms with Gasteiger partial charge < -0.3 is 9.47 Å². The monoisotopic (exact) mass is 258 g/mol. The molecular formula is C14H26O4. The zero-order valence-corrected chi connectivity index (χ0v) is 11.9. The largest absolute Gasteiger partial charge is 0.466 e. The van der Waals surface area contributed by atoms with Crippen LogP contribution in [0, 0.1) is 0 Å². The van der Waals surface area contributed by atoms with Crippen molar-refractivity contribution in [1.29, 1.82) is 0 Å². The van der Waals surface area contributed by atoms with Crippen LogP contribution < -0.4 is 0 Å². The Morgan fingerprint density at radius 1 is 1.11 bits per heavy atom. The summed E-state index contributed by atoms with van der Waals surface area (Å²) in [5.41, 5.74) is 0. The quantitative estimate of drug-likeness (QED) is 0.325. The van der Waals surface area contributed by atoms with E-state index in [4.69, 9.17) is 9.47 Å². The molecule has 0 spiro atoms. The molecule has 0 saturated carbocycles. The number of ether oxygens (including phenoxy) is 2. The van der Waals surface area contributed by atoms with E-state index in [1.54, 1.807) is 6.92 Å². The van der Waals surface area contributed by atoms with Crippen LogP contribution in [0.2, 0.25) is 0 Å². The average Bonchev–Trinajstić information content (AvgIpc) is 2.32. The Labute approximate surface area is 110 Å². The van der Waals surface area contributed by atoms with E-state index in [0.29, 0.717) is 6.61 Å². The zero-order valence-electron chi connectivity index (χ0n) is 11.9. The Kier molecular flexibility index (Phi) is 10.6. The molecule has 0 saturated heterocycles. The standard InChI is InChI=1S/C14H26O4/c1-4-6-7-8-9-12(3)18-11-13(15)10-14(16)17-5-2/h12H,4-11H2,1-3H3. The minimum absolute atomic E-state index is 0.00770. The zero-order chi connectivity index (χ0) is 13.8. The number of Topliss-reactive ketones (excluding diaryl/α,β-unsaturated/α-hetero) is 1. The number of carbonyl (C=O) groups is 2. The third kappa shape index (κ3) is 10.3. The van der Waals surface area contributed by atoms with E-state index in [1.165, 1.54) is 19.3 Å². The van der Waals surface area contributed by atoms with Crippen molar-refractivity contribution in [1.82, 2.24) is 0 Å². The van der Waals surface area contributed by atoms with Crippen LogP contribution in [-0.4, -0.2) is 31.1 Å². The highest BCUT2D eigenvalue weighted by Crippen LogP contribution is 2.08. The highest BCUT2D eigenvalue weighted by molar-refractivity contribution is 5.96. The van der Waals surface area contributed by atoms with Gasteiger partial charge in [-0.2, -0.15) is 0 Å². The number of unbranched alkanes of at least 4 members (excludes halogenated alkanes) is 3. The molecule has 0 aromatic heterocycles. The highest BCUT2D eigenvalue weighted by atomic mass is 16.5. The molecule has 0 aromatic carbocycles. The molecule has 0 amide bonds. The van der Waals surface area contributed by atoms with Crippen molar-refractivity contribution in [2.24, 2.45) is 0 Å². The molecule has 1 atom stereocenters. The molecule has 106 valence electrons. The van der Waals surface area contributed by atoms with Gasteiger partial charge in [-0.25, -0.2) is 0 Å². The molecule has 1 unspecified atom stereocenters. The molecular weight excluding hydrogens is 232 g/mol. The first-order valence-corrected chi connectivity index (χ1v) is 6.89. The molecule has 0 heterocycles. The van der Waals surface area contributed by atoms with Crippen molar-refractivity contribution in [3.05, 3.63) is 0 Å². The number of ketones is 1. The molecule has 0 aliphatic heterocycles. The normalized spacial score (nSPS) is 12.2. The predicted octanol–water partition coefficient (Wildman–Crippen LogP) is 2.88. The van der Waals surface area contributed by atoms with Crippen LogP contribution in [0.3, 0.4) is 0 Å². The van der Waals surface area contributed by atoms with Crippen LogP contribution in [-0.2, 0) is 19.1 Å². The maximum atomic E-state index is 11.4. The van der Waals surface area contributed by atoms with Gasteiger partial charge in [-0.05, 0) is 20.3 Å². The van der Waals surface area contributed by atoms with Gasteiger partial charge in [-0.3, -0.25) is 9.59 Å². The number of rotatable bonds is 11. The molecule has 0 fully saturated rings. The lowest BCUT2D eigenvalue weighted by molar-refractivity contribution is -0.146. The number of hydrogen-bond donors (Lipinski definition) is 0. The molecule has 4 nitrogen and oxygen atoms in total. The average molecular weight is 258 g/mol. The first-order chi connectivity index (χ1) is 8.60. The Morgan fingerprint density at radius 3 is 2.44 bits per heavy atom. The molecule has 0 radical (unpaired) electrons. The highest BCUT2D eigenvalue weighted by Gasteiger charge is 2.12. The second-order valence-electron chi connectivity index (χ2n) is 4.49. The van der Waals surface area contributed by atoms with E-state index in [1.807, 2.05) is 6.92 Å². The minimum atomic E-state index is -0.471. The van der Waals surface area contributed by atoms with Gasteiger partial charge in [0, 0.05) is 0 Å². The fraction of sp³-hybridized carbons (Fsp3) is 0.857. The first-order valence-electron chi connectivity index (χ1n) is 6.89. The van der Waals surface area contributed by atoms with E-state index >= 15 is 0 Å². The predicted molar refractivity (Wildman–Crippen MR) is 70.4 cm³/mol. The Balaban J connectivity index is 3.55.